The zero-order chi connectivity index (χ0) is 28.2. The Labute approximate surface area is 239 Å². The summed E-state index contributed by atoms with van der Waals surface area (Å²) in [7, 11) is 0. The van der Waals surface area contributed by atoms with Crippen molar-refractivity contribution in [2.75, 3.05) is 11.4 Å². The van der Waals surface area contributed by atoms with E-state index in [0.29, 0.717) is 5.57 Å². The third kappa shape index (κ3) is 7.73. The van der Waals surface area contributed by atoms with Gasteiger partial charge in [0.25, 0.3) is 0 Å². The van der Waals surface area contributed by atoms with Crippen molar-refractivity contribution < 1.29 is 9.90 Å². The number of fused-ring (bicyclic) bond motifs is 2. The zero-order valence-electron chi connectivity index (χ0n) is 23.6. The summed E-state index contributed by atoms with van der Waals surface area (Å²) in [5.74, 6) is -1.22. The first-order valence-corrected chi connectivity index (χ1v) is 14.7. The number of hydrogen-bond donors (Lipinski definition) is 1. The molecule has 0 saturated carbocycles. The van der Waals surface area contributed by atoms with Gasteiger partial charge in [-0.2, -0.15) is 5.26 Å². The Kier molecular flexibility index (Phi) is 10.8. The Morgan fingerprint density at radius 3 is 2.23 bits per heavy atom. The number of anilines is 2. The van der Waals surface area contributed by atoms with Crippen molar-refractivity contribution in [2.45, 2.75) is 71.1 Å². The molecule has 4 nitrogen and oxygen atoms in total. The largest absolute Gasteiger partial charge is 0.477 e. The van der Waals surface area contributed by atoms with Crippen molar-refractivity contribution in [3.05, 3.63) is 107 Å². The van der Waals surface area contributed by atoms with Crippen LogP contribution in [0.5, 0.6) is 0 Å². The second-order valence-corrected chi connectivity index (χ2v) is 10.6. The topological polar surface area (TPSA) is 64.3 Å². The van der Waals surface area contributed by atoms with Crippen LogP contribution in [0.25, 0.3) is 11.6 Å². The molecule has 3 aromatic carbocycles. The van der Waals surface area contributed by atoms with Crippen LogP contribution >= 0.6 is 0 Å². The number of hydrogen-bond acceptors (Lipinski definition) is 3. The van der Waals surface area contributed by atoms with E-state index in [0.717, 1.165) is 36.9 Å². The van der Waals surface area contributed by atoms with Crippen molar-refractivity contribution in [2.24, 2.45) is 0 Å². The maximum Gasteiger partial charge on any atom is 0.346 e. The minimum absolute atomic E-state index is 0.281. The number of aliphatic carboxylic acids is 1. The molecule has 0 spiro atoms. The second kappa shape index (κ2) is 14.9. The first kappa shape index (κ1) is 28.9. The van der Waals surface area contributed by atoms with E-state index in [1.807, 2.05) is 42.5 Å². The first-order valence-electron chi connectivity index (χ1n) is 14.7. The van der Waals surface area contributed by atoms with Crippen molar-refractivity contribution in [1.82, 2.24) is 0 Å². The number of carboxylic acids is 1. The number of allylic oxidation sites excluding steroid dienone is 2. The summed E-state index contributed by atoms with van der Waals surface area (Å²) in [6.45, 7) is 3.26. The van der Waals surface area contributed by atoms with E-state index in [4.69, 9.17) is 0 Å². The standard InChI is InChI=1S/C36H40N2O2/c1-2-3-4-5-6-7-8-14-23-38-34-18-13-12-17-30(34)20-21-31-24-28(19-22-35(31)38)25-32(26-33(27-37)36(39)40)29-15-10-9-11-16-29/h9-13,15-19,22,24-26H,2-8,14,20-21,23H2,1H3,(H,39,40)/b32-25+,33-26-. The van der Waals surface area contributed by atoms with Crippen molar-refractivity contribution in [1.29, 1.82) is 5.26 Å². The molecular formula is C36H40N2O2. The maximum absolute atomic E-state index is 11.6. The molecule has 4 rings (SSSR count). The second-order valence-electron chi connectivity index (χ2n) is 10.6. The highest BCUT2D eigenvalue weighted by Gasteiger charge is 2.20. The van der Waals surface area contributed by atoms with Gasteiger partial charge in [0.15, 0.2) is 0 Å². The van der Waals surface area contributed by atoms with Crippen LogP contribution in [-0.2, 0) is 17.6 Å². The summed E-state index contributed by atoms with van der Waals surface area (Å²) in [6, 6.07) is 26.8. The van der Waals surface area contributed by atoms with Gasteiger partial charge in [-0.3, -0.25) is 0 Å². The van der Waals surface area contributed by atoms with Crippen LogP contribution < -0.4 is 4.90 Å². The number of carboxylic acid groups (broad SMARTS) is 1. The van der Waals surface area contributed by atoms with Crippen LogP contribution in [-0.4, -0.2) is 17.6 Å². The Balaban J connectivity index is 1.61. The SMILES string of the molecule is CCCCCCCCCCN1c2ccccc2CCc2cc(/C=C(\C=C(\C#N)C(=O)O)c3ccccc3)ccc21. The molecule has 0 amide bonds. The summed E-state index contributed by atoms with van der Waals surface area (Å²) in [5, 5.41) is 18.9. The lowest BCUT2D eigenvalue weighted by Crippen LogP contribution is -2.19. The van der Waals surface area contributed by atoms with E-state index >= 15 is 0 Å². The third-order valence-corrected chi connectivity index (χ3v) is 7.66. The van der Waals surface area contributed by atoms with Crippen LogP contribution in [0, 0.1) is 11.3 Å². The van der Waals surface area contributed by atoms with E-state index < -0.39 is 5.97 Å². The van der Waals surface area contributed by atoms with Gasteiger partial charge in [0.2, 0.25) is 0 Å². The van der Waals surface area contributed by atoms with Crippen molar-refractivity contribution >= 4 is 29.0 Å². The number of carbonyl (C=O) groups is 1. The number of benzene rings is 3. The fourth-order valence-electron chi connectivity index (χ4n) is 5.50. The summed E-state index contributed by atoms with van der Waals surface area (Å²) in [4.78, 5) is 14.1. The molecule has 0 saturated heterocycles. The number of unbranched alkanes of at least 4 members (excludes halogenated alkanes) is 7. The summed E-state index contributed by atoms with van der Waals surface area (Å²) >= 11 is 0. The molecule has 0 atom stereocenters. The number of aryl methyl sites for hydroxylation is 2. The summed E-state index contributed by atoms with van der Waals surface area (Å²) in [6.07, 6.45) is 15.8. The first-order chi connectivity index (χ1) is 19.6. The van der Waals surface area contributed by atoms with Crippen LogP contribution in [0.1, 0.15) is 80.5 Å². The Bertz CT molecular complexity index is 1380. The van der Waals surface area contributed by atoms with E-state index in [2.05, 4.69) is 54.3 Å². The smallest absolute Gasteiger partial charge is 0.346 e. The molecule has 206 valence electrons. The molecule has 40 heavy (non-hydrogen) atoms. The summed E-state index contributed by atoms with van der Waals surface area (Å²) in [5.41, 5.74) is 7.52. The fraction of sp³-hybridized carbons (Fsp3) is 0.333. The molecule has 0 unspecified atom stereocenters. The third-order valence-electron chi connectivity index (χ3n) is 7.66. The molecule has 3 aromatic rings. The van der Waals surface area contributed by atoms with Crippen molar-refractivity contribution in [3.8, 4) is 6.07 Å². The predicted octanol–water partition coefficient (Wildman–Crippen LogP) is 9.14. The van der Waals surface area contributed by atoms with Crippen LogP contribution in [0.2, 0.25) is 0 Å². The molecule has 0 radical (unpaired) electrons. The minimum atomic E-state index is -1.22. The number of para-hydroxylation sites is 1. The molecule has 1 heterocycles. The van der Waals surface area contributed by atoms with Gasteiger partial charge in [0, 0.05) is 17.9 Å². The van der Waals surface area contributed by atoms with Gasteiger partial charge in [0.05, 0.1) is 0 Å². The normalized spacial score (nSPS) is 13.2. The van der Waals surface area contributed by atoms with Crippen LogP contribution in [0.15, 0.2) is 84.4 Å². The van der Waals surface area contributed by atoms with E-state index in [-0.39, 0.29) is 5.57 Å². The number of rotatable bonds is 13. The van der Waals surface area contributed by atoms with Gasteiger partial charge < -0.3 is 10.0 Å². The lowest BCUT2D eigenvalue weighted by Gasteiger charge is -2.27. The van der Waals surface area contributed by atoms with Gasteiger partial charge in [-0.15, -0.1) is 0 Å². The highest BCUT2D eigenvalue weighted by atomic mass is 16.4. The Hall–Kier alpha value is -4.10. The quantitative estimate of drug-likeness (QED) is 0.0784. The van der Waals surface area contributed by atoms with Crippen LogP contribution in [0.3, 0.4) is 0 Å². The van der Waals surface area contributed by atoms with Gasteiger partial charge >= 0.3 is 5.97 Å². The van der Waals surface area contributed by atoms with E-state index in [1.165, 1.54) is 73.5 Å². The molecule has 0 bridgehead atoms. The molecule has 1 aliphatic heterocycles. The van der Waals surface area contributed by atoms with Gasteiger partial charge in [-0.1, -0.05) is 106 Å². The maximum atomic E-state index is 11.6. The highest BCUT2D eigenvalue weighted by molar-refractivity contribution is 5.98. The molecular weight excluding hydrogens is 492 g/mol. The lowest BCUT2D eigenvalue weighted by atomic mass is 9.98. The number of nitrogens with zero attached hydrogens (tertiary/aromatic N) is 2. The molecule has 0 fully saturated rings. The molecule has 0 aromatic heterocycles. The molecule has 1 aliphatic rings. The summed E-state index contributed by atoms with van der Waals surface area (Å²) < 4.78 is 0. The predicted molar refractivity (Wildman–Crippen MR) is 166 cm³/mol. The van der Waals surface area contributed by atoms with Gasteiger partial charge in [-0.25, -0.2) is 4.79 Å². The van der Waals surface area contributed by atoms with Gasteiger partial charge in [0.1, 0.15) is 11.6 Å². The Morgan fingerprint density at radius 1 is 0.850 bits per heavy atom. The Morgan fingerprint density at radius 2 is 1.50 bits per heavy atom. The monoisotopic (exact) mass is 532 g/mol. The molecule has 0 aliphatic carbocycles. The highest BCUT2D eigenvalue weighted by Crippen LogP contribution is 2.37. The average Bonchev–Trinajstić information content (AvgIpc) is 3.13. The molecule has 4 heteroatoms. The number of nitriles is 1. The average molecular weight is 533 g/mol. The van der Waals surface area contributed by atoms with Gasteiger partial charge in [-0.05, 0) is 77.4 Å². The van der Waals surface area contributed by atoms with E-state index in [9.17, 15) is 15.2 Å². The van der Waals surface area contributed by atoms with E-state index in [1.54, 1.807) is 0 Å². The fourth-order valence-corrected chi connectivity index (χ4v) is 5.50. The zero-order valence-corrected chi connectivity index (χ0v) is 23.6. The minimum Gasteiger partial charge on any atom is -0.477 e. The van der Waals surface area contributed by atoms with Crippen molar-refractivity contribution in [3.63, 3.8) is 0 Å². The molecule has 1 N–H and O–H groups in total. The lowest BCUT2D eigenvalue weighted by molar-refractivity contribution is -0.132. The van der Waals surface area contributed by atoms with Crippen LogP contribution in [0.4, 0.5) is 11.4 Å².